The van der Waals surface area contributed by atoms with Crippen LogP contribution in [-0.4, -0.2) is 46.6 Å². The standard InChI is InChI=1S/C23H20N4O4S/c1-29-17-5-2-15(3-6-17)18-13-19-23(24-8-9-27(19)26-18)32-14-22(28)25-16-4-7-20-21(12-16)31-11-10-30-20/h2-9,12-13H,10-11,14H2,1H3,(H,25,28). The maximum atomic E-state index is 12.5. The van der Waals surface area contributed by atoms with Gasteiger partial charge in [-0.3, -0.25) is 4.79 Å². The van der Waals surface area contributed by atoms with Crippen molar-refractivity contribution in [2.75, 3.05) is 31.4 Å². The van der Waals surface area contributed by atoms with Gasteiger partial charge in [0.05, 0.1) is 24.1 Å². The van der Waals surface area contributed by atoms with Gasteiger partial charge in [-0.25, -0.2) is 9.50 Å². The van der Waals surface area contributed by atoms with Crippen LogP contribution in [0.2, 0.25) is 0 Å². The quantitative estimate of drug-likeness (QED) is 0.448. The Kier molecular flexibility index (Phi) is 5.55. The average Bonchev–Trinajstić information content (AvgIpc) is 3.28. The Morgan fingerprint density at radius 2 is 1.94 bits per heavy atom. The lowest BCUT2D eigenvalue weighted by molar-refractivity contribution is -0.113. The molecule has 3 heterocycles. The Hall–Kier alpha value is -3.72. The van der Waals surface area contributed by atoms with Crippen LogP contribution < -0.4 is 19.5 Å². The average molecular weight is 449 g/mol. The molecule has 0 aliphatic carbocycles. The molecular weight excluding hydrogens is 428 g/mol. The van der Waals surface area contributed by atoms with Gasteiger partial charge in [0.1, 0.15) is 24.0 Å². The molecule has 1 aliphatic rings. The maximum absolute atomic E-state index is 12.5. The van der Waals surface area contributed by atoms with Crippen molar-refractivity contribution in [2.24, 2.45) is 0 Å². The van der Waals surface area contributed by atoms with E-state index in [1.165, 1.54) is 11.8 Å². The highest BCUT2D eigenvalue weighted by Crippen LogP contribution is 2.33. The van der Waals surface area contributed by atoms with Gasteiger partial charge in [0.25, 0.3) is 0 Å². The van der Waals surface area contributed by atoms with Crippen molar-refractivity contribution in [2.45, 2.75) is 5.03 Å². The number of carbonyl (C=O) groups excluding carboxylic acids is 1. The first-order valence-corrected chi connectivity index (χ1v) is 11.0. The number of aromatic nitrogens is 3. The Labute approximate surface area is 188 Å². The molecule has 9 heteroatoms. The van der Waals surface area contributed by atoms with Crippen LogP contribution in [0.1, 0.15) is 0 Å². The normalized spacial score (nSPS) is 12.5. The number of fused-ring (bicyclic) bond motifs is 2. The van der Waals surface area contributed by atoms with Crippen LogP contribution in [0.3, 0.4) is 0 Å². The predicted octanol–water partition coefficient (Wildman–Crippen LogP) is 3.91. The van der Waals surface area contributed by atoms with E-state index in [0.29, 0.717) is 30.4 Å². The predicted molar refractivity (Wildman–Crippen MR) is 122 cm³/mol. The SMILES string of the molecule is COc1ccc(-c2cc3c(SCC(=O)Nc4ccc5c(c4)OCCO5)nccn3n2)cc1. The maximum Gasteiger partial charge on any atom is 0.234 e. The second-order valence-corrected chi connectivity index (χ2v) is 7.98. The third-order valence-corrected chi connectivity index (χ3v) is 5.90. The van der Waals surface area contributed by atoms with E-state index >= 15 is 0 Å². The number of ether oxygens (including phenoxy) is 3. The van der Waals surface area contributed by atoms with Gasteiger partial charge in [-0.05, 0) is 42.5 Å². The number of rotatable bonds is 6. The second-order valence-electron chi connectivity index (χ2n) is 7.02. The van der Waals surface area contributed by atoms with Gasteiger partial charge >= 0.3 is 0 Å². The zero-order chi connectivity index (χ0) is 21.9. The number of methoxy groups -OCH3 is 1. The fourth-order valence-electron chi connectivity index (χ4n) is 3.36. The Balaban J connectivity index is 1.28. The third kappa shape index (κ3) is 4.19. The molecule has 32 heavy (non-hydrogen) atoms. The molecule has 8 nitrogen and oxygen atoms in total. The van der Waals surface area contributed by atoms with Crippen molar-refractivity contribution in [3.05, 3.63) is 60.9 Å². The van der Waals surface area contributed by atoms with Gasteiger partial charge in [0.2, 0.25) is 5.91 Å². The van der Waals surface area contributed by atoms with Crippen LogP contribution in [-0.2, 0) is 4.79 Å². The molecule has 0 saturated heterocycles. The van der Waals surface area contributed by atoms with Gasteiger partial charge in [0.15, 0.2) is 11.5 Å². The smallest absolute Gasteiger partial charge is 0.234 e. The Bertz CT molecular complexity index is 1270. The fourth-order valence-corrected chi connectivity index (χ4v) is 4.14. The van der Waals surface area contributed by atoms with Crippen LogP contribution in [0.15, 0.2) is 66.0 Å². The van der Waals surface area contributed by atoms with Crippen LogP contribution in [0.25, 0.3) is 16.8 Å². The molecule has 162 valence electrons. The summed E-state index contributed by atoms with van der Waals surface area (Å²) in [6.07, 6.45) is 3.47. The molecule has 0 saturated carbocycles. The fraction of sp³-hybridized carbons (Fsp3) is 0.174. The molecule has 4 aromatic rings. The topological polar surface area (TPSA) is 87.0 Å². The second kappa shape index (κ2) is 8.80. The molecule has 0 radical (unpaired) electrons. The number of nitrogens with zero attached hydrogens (tertiary/aromatic N) is 3. The van der Waals surface area contributed by atoms with E-state index in [1.807, 2.05) is 30.3 Å². The highest BCUT2D eigenvalue weighted by Gasteiger charge is 2.14. The first kappa shape index (κ1) is 20.2. The van der Waals surface area contributed by atoms with E-state index in [1.54, 1.807) is 42.2 Å². The minimum atomic E-state index is -0.134. The van der Waals surface area contributed by atoms with Gasteiger partial charge in [0, 0.05) is 29.7 Å². The lowest BCUT2D eigenvalue weighted by atomic mass is 10.1. The van der Waals surface area contributed by atoms with Crippen molar-refractivity contribution in [1.29, 1.82) is 0 Å². The summed E-state index contributed by atoms with van der Waals surface area (Å²) >= 11 is 1.36. The number of nitrogens with one attached hydrogen (secondary N) is 1. The number of benzene rings is 2. The molecule has 1 amide bonds. The van der Waals surface area contributed by atoms with Gasteiger partial charge in [-0.2, -0.15) is 5.10 Å². The summed E-state index contributed by atoms with van der Waals surface area (Å²) in [6.45, 7) is 1.03. The molecule has 2 aromatic heterocycles. The molecule has 5 rings (SSSR count). The third-order valence-electron chi connectivity index (χ3n) is 4.91. The van der Waals surface area contributed by atoms with E-state index in [9.17, 15) is 4.79 Å². The van der Waals surface area contributed by atoms with Gasteiger partial charge in [-0.1, -0.05) is 11.8 Å². The van der Waals surface area contributed by atoms with Crippen molar-refractivity contribution in [3.63, 3.8) is 0 Å². The molecule has 1 aliphatic heterocycles. The minimum absolute atomic E-state index is 0.134. The summed E-state index contributed by atoms with van der Waals surface area (Å²) in [5.74, 6) is 2.20. The lowest BCUT2D eigenvalue weighted by Gasteiger charge is -2.19. The zero-order valence-corrected chi connectivity index (χ0v) is 18.1. The number of hydrogen-bond donors (Lipinski definition) is 1. The number of hydrogen-bond acceptors (Lipinski definition) is 7. The van der Waals surface area contributed by atoms with E-state index in [-0.39, 0.29) is 11.7 Å². The minimum Gasteiger partial charge on any atom is -0.497 e. The highest BCUT2D eigenvalue weighted by molar-refractivity contribution is 8.00. The lowest BCUT2D eigenvalue weighted by Crippen LogP contribution is -2.17. The van der Waals surface area contributed by atoms with Gasteiger partial charge in [-0.15, -0.1) is 0 Å². The molecular formula is C23H20N4O4S. The molecule has 0 bridgehead atoms. The van der Waals surface area contributed by atoms with E-state index < -0.39 is 0 Å². The molecule has 2 aromatic carbocycles. The first-order chi connectivity index (χ1) is 15.7. The number of carbonyl (C=O) groups is 1. The van der Waals surface area contributed by atoms with Crippen molar-refractivity contribution in [1.82, 2.24) is 14.6 Å². The molecule has 0 atom stereocenters. The summed E-state index contributed by atoms with van der Waals surface area (Å²) < 4.78 is 18.1. The van der Waals surface area contributed by atoms with Gasteiger partial charge < -0.3 is 19.5 Å². The summed E-state index contributed by atoms with van der Waals surface area (Å²) in [5, 5.41) is 8.26. The summed E-state index contributed by atoms with van der Waals surface area (Å²) in [4.78, 5) is 17.0. The molecule has 0 fully saturated rings. The van der Waals surface area contributed by atoms with Crippen molar-refractivity contribution in [3.8, 4) is 28.5 Å². The molecule has 0 unspecified atom stereocenters. The van der Waals surface area contributed by atoms with Crippen LogP contribution in [0, 0.1) is 0 Å². The Morgan fingerprint density at radius 1 is 1.12 bits per heavy atom. The van der Waals surface area contributed by atoms with Crippen LogP contribution >= 0.6 is 11.8 Å². The Morgan fingerprint density at radius 3 is 2.75 bits per heavy atom. The van der Waals surface area contributed by atoms with Crippen LogP contribution in [0.5, 0.6) is 17.2 Å². The number of anilines is 1. The van der Waals surface area contributed by atoms with Crippen molar-refractivity contribution < 1.29 is 19.0 Å². The first-order valence-electron chi connectivity index (χ1n) is 10.0. The van der Waals surface area contributed by atoms with E-state index in [0.717, 1.165) is 27.5 Å². The van der Waals surface area contributed by atoms with E-state index in [4.69, 9.17) is 14.2 Å². The monoisotopic (exact) mass is 448 g/mol. The zero-order valence-electron chi connectivity index (χ0n) is 17.3. The summed E-state index contributed by atoms with van der Waals surface area (Å²) in [5.41, 5.74) is 3.30. The van der Waals surface area contributed by atoms with Crippen molar-refractivity contribution >= 4 is 28.9 Å². The highest BCUT2D eigenvalue weighted by atomic mass is 32.2. The summed E-state index contributed by atoms with van der Waals surface area (Å²) in [7, 11) is 1.64. The summed E-state index contributed by atoms with van der Waals surface area (Å²) in [6, 6.07) is 15.1. The van der Waals surface area contributed by atoms with E-state index in [2.05, 4.69) is 15.4 Å². The number of thioether (sulfide) groups is 1. The molecule has 0 spiro atoms. The molecule has 1 N–H and O–H groups in total. The number of amides is 1. The largest absolute Gasteiger partial charge is 0.497 e. The van der Waals surface area contributed by atoms with Crippen LogP contribution in [0.4, 0.5) is 5.69 Å².